The van der Waals surface area contributed by atoms with Crippen LogP contribution in [0.3, 0.4) is 0 Å². The molecule has 0 fully saturated rings. The lowest BCUT2D eigenvalue weighted by molar-refractivity contribution is 0.498. The van der Waals surface area contributed by atoms with Gasteiger partial charge in [0, 0.05) is 26.2 Å². The third kappa shape index (κ3) is 4.40. The molecule has 4 nitrogen and oxygen atoms in total. The third-order valence-corrected chi connectivity index (χ3v) is 5.37. The summed E-state index contributed by atoms with van der Waals surface area (Å²) >= 11 is 0. The Morgan fingerprint density at radius 3 is 2.43 bits per heavy atom. The second-order valence-corrected chi connectivity index (χ2v) is 7.67. The van der Waals surface area contributed by atoms with E-state index >= 15 is 0 Å². The number of rotatable bonds is 7. The highest BCUT2D eigenvalue weighted by Gasteiger charge is 2.22. The Bertz CT molecular complexity index is 607. The Morgan fingerprint density at radius 2 is 1.90 bits per heavy atom. The molecule has 0 unspecified atom stereocenters. The van der Waals surface area contributed by atoms with Crippen molar-refractivity contribution in [2.75, 3.05) is 13.6 Å². The van der Waals surface area contributed by atoms with Gasteiger partial charge in [0.25, 0.3) is 0 Å². The molecule has 0 aromatic heterocycles. The lowest BCUT2D eigenvalue weighted by Crippen LogP contribution is -2.28. The topological polar surface area (TPSA) is 49.4 Å². The smallest absolute Gasteiger partial charge is 0.243 e. The zero-order valence-corrected chi connectivity index (χ0v) is 14.4. The van der Waals surface area contributed by atoms with Crippen LogP contribution in [-0.2, 0) is 16.6 Å². The van der Waals surface area contributed by atoms with E-state index in [2.05, 4.69) is 25.7 Å². The highest BCUT2D eigenvalue weighted by atomic mass is 32.2. The van der Waals surface area contributed by atoms with Gasteiger partial charge in [0.2, 0.25) is 10.0 Å². The van der Waals surface area contributed by atoms with Crippen LogP contribution in [0.4, 0.5) is 0 Å². The van der Waals surface area contributed by atoms with Crippen LogP contribution in [0.1, 0.15) is 30.5 Å². The van der Waals surface area contributed by atoms with E-state index in [0.29, 0.717) is 24.0 Å². The maximum absolute atomic E-state index is 12.6. The van der Waals surface area contributed by atoms with Gasteiger partial charge in [0.15, 0.2) is 0 Å². The van der Waals surface area contributed by atoms with Crippen molar-refractivity contribution in [3.63, 3.8) is 0 Å². The molecule has 0 saturated heterocycles. The summed E-state index contributed by atoms with van der Waals surface area (Å²) in [6.07, 6.45) is 1.59. The van der Waals surface area contributed by atoms with Gasteiger partial charge in [-0.2, -0.15) is 4.31 Å². The molecule has 0 spiro atoms. The third-order valence-electron chi connectivity index (χ3n) is 3.41. The van der Waals surface area contributed by atoms with E-state index in [1.165, 1.54) is 4.31 Å². The molecule has 118 valence electrons. The van der Waals surface area contributed by atoms with Crippen LogP contribution in [0.2, 0.25) is 0 Å². The van der Waals surface area contributed by atoms with Crippen LogP contribution in [-0.4, -0.2) is 32.4 Å². The van der Waals surface area contributed by atoms with Crippen LogP contribution >= 0.6 is 0 Å². The monoisotopic (exact) mass is 310 g/mol. The normalized spacial score (nSPS) is 12.1. The predicted octanol–water partition coefficient (Wildman–Crippen LogP) is 2.61. The fraction of sp³-hybridized carbons (Fsp3) is 0.500. The molecular weight excluding hydrogens is 284 g/mol. The number of nitrogens with zero attached hydrogens (tertiary/aromatic N) is 1. The molecule has 0 aliphatic heterocycles. The van der Waals surface area contributed by atoms with E-state index in [-0.39, 0.29) is 0 Å². The molecular formula is C16H26N2O2S. The Kier molecular flexibility index (Phi) is 6.13. The van der Waals surface area contributed by atoms with Crippen LogP contribution < -0.4 is 5.32 Å². The molecule has 21 heavy (non-hydrogen) atoms. The SMILES string of the molecule is C=CCN(C)S(=O)(=O)c1cc(CNC(C)C)c(C)cc1C. The number of hydrogen-bond acceptors (Lipinski definition) is 3. The number of hydrogen-bond donors (Lipinski definition) is 1. The van der Waals surface area contributed by atoms with E-state index in [1.807, 2.05) is 19.9 Å². The second-order valence-electron chi connectivity index (χ2n) is 5.65. The molecule has 0 aliphatic carbocycles. The summed E-state index contributed by atoms with van der Waals surface area (Å²) in [4.78, 5) is 0.373. The zero-order valence-electron chi connectivity index (χ0n) is 13.6. The average Bonchev–Trinajstić information content (AvgIpc) is 2.37. The Labute approximate surface area is 128 Å². The van der Waals surface area contributed by atoms with Gasteiger partial charge in [-0.05, 0) is 36.6 Å². The molecule has 1 aromatic carbocycles. The Balaban J connectivity index is 3.24. The van der Waals surface area contributed by atoms with Crippen molar-refractivity contribution in [2.45, 2.75) is 45.2 Å². The van der Waals surface area contributed by atoms with Gasteiger partial charge in [-0.15, -0.1) is 6.58 Å². The van der Waals surface area contributed by atoms with E-state index < -0.39 is 10.0 Å². The fourth-order valence-electron chi connectivity index (χ4n) is 2.10. The molecule has 0 atom stereocenters. The number of nitrogens with one attached hydrogen (secondary N) is 1. The van der Waals surface area contributed by atoms with Gasteiger partial charge in [-0.3, -0.25) is 0 Å². The molecule has 0 amide bonds. The molecule has 1 aromatic rings. The van der Waals surface area contributed by atoms with E-state index in [4.69, 9.17) is 0 Å². The highest BCUT2D eigenvalue weighted by molar-refractivity contribution is 7.89. The summed E-state index contributed by atoms with van der Waals surface area (Å²) < 4.78 is 26.5. The summed E-state index contributed by atoms with van der Waals surface area (Å²) in [5.41, 5.74) is 2.89. The number of aryl methyl sites for hydroxylation is 2. The summed E-state index contributed by atoms with van der Waals surface area (Å²) in [6, 6.07) is 4.08. The van der Waals surface area contributed by atoms with Gasteiger partial charge in [-0.25, -0.2) is 8.42 Å². The first kappa shape index (κ1) is 17.9. The van der Waals surface area contributed by atoms with Gasteiger partial charge in [0.05, 0.1) is 4.90 Å². The minimum absolute atomic E-state index is 0.301. The van der Waals surface area contributed by atoms with E-state index in [9.17, 15) is 8.42 Å². The quantitative estimate of drug-likeness (QED) is 0.788. The van der Waals surface area contributed by atoms with E-state index in [1.54, 1.807) is 19.2 Å². The summed E-state index contributed by atoms with van der Waals surface area (Å²) in [6.45, 7) is 12.5. The molecule has 0 radical (unpaired) electrons. The zero-order chi connectivity index (χ0) is 16.2. The van der Waals surface area contributed by atoms with Crippen molar-refractivity contribution in [2.24, 2.45) is 0 Å². The Morgan fingerprint density at radius 1 is 1.29 bits per heavy atom. The minimum atomic E-state index is -3.48. The van der Waals surface area contributed by atoms with Gasteiger partial charge < -0.3 is 5.32 Å². The molecule has 1 N–H and O–H groups in total. The maximum atomic E-state index is 12.6. The van der Waals surface area contributed by atoms with Crippen LogP contribution in [0.15, 0.2) is 29.7 Å². The first-order valence-corrected chi connectivity index (χ1v) is 8.55. The molecule has 0 saturated carbocycles. The van der Waals surface area contributed by atoms with Gasteiger partial charge in [0.1, 0.15) is 0 Å². The standard InChI is InChI=1S/C16H26N2O2S/c1-7-8-18(6)21(19,20)16-10-15(11-17-12(2)3)13(4)9-14(16)5/h7,9-10,12,17H,1,8,11H2,2-6H3. The van der Waals surface area contributed by atoms with Crippen LogP contribution in [0.5, 0.6) is 0 Å². The largest absolute Gasteiger partial charge is 0.310 e. The lowest BCUT2D eigenvalue weighted by atomic mass is 10.1. The van der Waals surface area contributed by atoms with Crippen LogP contribution in [0, 0.1) is 13.8 Å². The first-order valence-electron chi connectivity index (χ1n) is 7.11. The lowest BCUT2D eigenvalue weighted by Gasteiger charge is -2.19. The predicted molar refractivity (Wildman–Crippen MR) is 87.9 cm³/mol. The Hall–Kier alpha value is -1.17. The van der Waals surface area contributed by atoms with Gasteiger partial charge in [-0.1, -0.05) is 26.0 Å². The number of likely N-dealkylation sites (N-methyl/N-ethyl adjacent to an activating group) is 1. The number of sulfonamides is 1. The maximum Gasteiger partial charge on any atom is 0.243 e. The minimum Gasteiger partial charge on any atom is -0.310 e. The van der Waals surface area contributed by atoms with E-state index in [0.717, 1.165) is 16.7 Å². The van der Waals surface area contributed by atoms with Crippen molar-refractivity contribution in [1.29, 1.82) is 0 Å². The van der Waals surface area contributed by atoms with Crippen molar-refractivity contribution in [1.82, 2.24) is 9.62 Å². The molecule has 5 heteroatoms. The average molecular weight is 310 g/mol. The van der Waals surface area contributed by atoms with Crippen molar-refractivity contribution in [3.05, 3.63) is 41.5 Å². The second kappa shape index (κ2) is 7.20. The fourth-order valence-corrected chi connectivity index (χ4v) is 3.50. The number of benzene rings is 1. The molecule has 1 rings (SSSR count). The van der Waals surface area contributed by atoms with Crippen LogP contribution in [0.25, 0.3) is 0 Å². The van der Waals surface area contributed by atoms with Gasteiger partial charge >= 0.3 is 0 Å². The summed E-state index contributed by atoms with van der Waals surface area (Å²) in [5, 5.41) is 3.33. The summed E-state index contributed by atoms with van der Waals surface area (Å²) in [5.74, 6) is 0. The first-order chi connectivity index (χ1) is 9.70. The highest BCUT2D eigenvalue weighted by Crippen LogP contribution is 2.23. The molecule has 0 aliphatic rings. The summed E-state index contributed by atoms with van der Waals surface area (Å²) in [7, 11) is -1.90. The van der Waals surface area contributed by atoms with Crippen molar-refractivity contribution < 1.29 is 8.42 Å². The molecule has 0 heterocycles. The van der Waals surface area contributed by atoms with Crippen molar-refractivity contribution in [3.8, 4) is 0 Å². The molecule has 0 bridgehead atoms. The van der Waals surface area contributed by atoms with Crippen molar-refractivity contribution >= 4 is 10.0 Å².